The molecule has 2 rings (SSSR count). The number of aromatic amines is 1. The number of halogens is 1. The van der Waals surface area contributed by atoms with Crippen LogP contribution in [-0.2, 0) is 4.79 Å². The highest BCUT2D eigenvalue weighted by Crippen LogP contribution is 2.16. The number of carbonyl (C=O) groups is 2. The number of aromatic nitrogens is 1. The van der Waals surface area contributed by atoms with Crippen molar-refractivity contribution in [3.05, 3.63) is 46.7 Å². The number of anilines is 2. The Morgan fingerprint density at radius 2 is 1.67 bits per heavy atom. The second-order valence-electron chi connectivity index (χ2n) is 4.91. The molecule has 0 radical (unpaired) electrons. The van der Waals surface area contributed by atoms with Crippen molar-refractivity contribution in [2.45, 2.75) is 13.8 Å². The standard InChI is InChI=1S/C15H16BrN3O2/c1-9(2)14(20)18-11-3-5-12(6-4-11)19-15(21)13-7-10(16)8-17-13/h3-9,17H,1-2H3,(H,18,20)(H,19,21). The number of rotatable bonds is 4. The fraction of sp³-hybridized carbons (Fsp3) is 0.200. The lowest BCUT2D eigenvalue weighted by molar-refractivity contribution is -0.118. The summed E-state index contributed by atoms with van der Waals surface area (Å²) >= 11 is 3.28. The van der Waals surface area contributed by atoms with Crippen molar-refractivity contribution < 1.29 is 9.59 Å². The highest BCUT2D eigenvalue weighted by Gasteiger charge is 2.09. The summed E-state index contributed by atoms with van der Waals surface area (Å²) in [4.78, 5) is 26.4. The first-order chi connectivity index (χ1) is 9.95. The first-order valence-electron chi connectivity index (χ1n) is 6.52. The number of H-pyrrole nitrogens is 1. The van der Waals surface area contributed by atoms with Gasteiger partial charge in [0.05, 0.1) is 0 Å². The fourth-order valence-electron chi connectivity index (χ4n) is 1.62. The molecule has 6 heteroatoms. The molecule has 0 saturated carbocycles. The van der Waals surface area contributed by atoms with Gasteiger partial charge in [0.15, 0.2) is 0 Å². The van der Waals surface area contributed by atoms with Crippen LogP contribution >= 0.6 is 15.9 Å². The van der Waals surface area contributed by atoms with Gasteiger partial charge in [0, 0.05) is 28.0 Å². The predicted octanol–water partition coefficient (Wildman–Crippen LogP) is 3.62. The molecule has 1 aromatic carbocycles. The Morgan fingerprint density at radius 1 is 1.10 bits per heavy atom. The van der Waals surface area contributed by atoms with Crippen LogP contribution in [0.2, 0.25) is 0 Å². The van der Waals surface area contributed by atoms with Crippen molar-refractivity contribution in [1.82, 2.24) is 4.98 Å². The van der Waals surface area contributed by atoms with Crippen LogP contribution in [0.3, 0.4) is 0 Å². The zero-order chi connectivity index (χ0) is 15.4. The van der Waals surface area contributed by atoms with Crippen molar-refractivity contribution in [3.8, 4) is 0 Å². The molecular formula is C15H16BrN3O2. The van der Waals surface area contributed by atoms with E-state index in [-0.39, 0.29) is 17.7 Å². The summed E-state index contributed by atoms with van der Waals surface area (Å²) in [5.41, 5.74) is 1.83. The minimum Gasteiger partial charge on any atom is -0.356 e. The van der Waals surface area contributed by atoms with E-state index in [1.165, 1.54) is 0 Å². The molecule has 110 valence electrons. The molecule has 3 N–H and O–H groups in total. The SMILES string of the molecule is CC(C)C(=O)Nc1ccc(NC(=O)c2cc(Br)c[nH]2)cc1. The van der Waals surface area contributed by atoms with E-state index in [2.05, 4.69) is 31.5 Å². The maximum atomic E-state index is 11.9. The lowest BCUT2D eigenvalue weighted by atomic mass is 10.2. The minimum atomic E-state index is -0.223. The van der Waals surface area contributed by atoms with E-state index in [9.17, 15) is 9.59 Å². The fourth-order valence-corrected chi connectivity index (χ4v) is 1.96. The molecule has 0 aliphatic carbocycles. The van der Waals surface area contributed by atoms with E-state index in [4.69, 9.17) is 0 Å². The molecule has 2 amide bonds. The maximum Gasteiger partial charge on any atom is 0.272 e. The van der Waals surface area contributed by atoms with Crippen LogP contribution in [-0.4, -0.2) is 16.8 Å². The van der Waals surface area contributed by atoms with Crippen molar-refractivity contribution >= 4 is 39.1 Å². The number of carbonyl (C=O) groups excluding carboxylic acids is 2. The molecule has 21 heavy (non-hydrogen) atoms. The zero-order valence-electron chi connectivity index (χ0n) is 11.7. The van der Waals surface area contributed by atoms with E-state index in [1.807, 2.05) is 13.8 Å². The summed E-state index contributed by atoms with van der Waals surface area (Å²) in [7, 11) is 0. The Balaban J connectivity index is 1.99. The van der Waals surface area contributed by atoms with E-state index < -0.39 is 0 Å². The van der Waals surface area contributed by atoms with Gasteiger partial charge >= 0.3 is 0 Å². The van der Waals surface area contributed by atoms with E-state index in [1.54, 1.807) is 36.5 Å². The van der Waals surface area contributed by atoms with Crippen LogP contribution in [0.15, 0.2) is 41.0 Å². The van der Waals surface area contributed by atoms with Crippen LogP contribution in [0.25, 0.3) is 0 Å². The predicted molar refractivity (Wildman–Crippen MR) is 86.4 cm³/mol. The van der Waals surface area contributed by atoms with Gasteiger partial charge in [-0.2, -0.15) is 0 Å². The Hall–Kier alpha value is -2.08. The maximum absolute atomic E-state index is 11.9. The molecule has 0 saturated heterocycles. The van der Waals surface area contributed by atoms with E-state index >= 15 is 0 Å². The second kappa shape index (κ2) is 6.58. The monoisotopic (exact) mass is 349 g/mol. The molecule has 2 aromatic rings. The summed E-state index contributed by atoms with van der Waals surface area (Å²) in [6.45, 7) is 3.66. The molecule has 1 aromatic heterocycles. The lowest BCUT2D eigenvalue weighted by Gasteiger charge is -2.09. The van der Waals surface area contributed by atoms with Crippen LogP contribution < -0.4 is 10.6 Å². The van der Waals surface area contributed by atoms with Gasteiger partial charge < -0.3 is 15.6 Å². The van der Waals surface area contributed by atoms with Gasteiger partial charge in [0.2, 0.25) is 5.91 Å². The topological polar surface area (TPSA) is 74.0 Å². The van der Waals surface area contributed by atoms with Crippen LogP contribution in [0.5, 0.6) is 0 Å². The molecule has 1 heterocycles. The molecule has 0 spiro atoms. The Kier molecular flexibility index (Phi) is 4.80. The third-order valence-corrected chi connectivity index (χ3v) is 3.28. The first kappa shape index (κ1) is 15.3. The average molecular weight is 350 g/mol. The van der Waals surface area contributed by atoms with Crippen LogP contribution in [0.4, 0.5) is 11.4 Å². The molecule has 5 nitrogen and oxygen atoms in total. The second-order valence-corrected chi connectivity index (χ2v) is 5.82. The van der Waals surface area contributed by atoms with Crippen molar-refractivity contribution in [1.29, 1.82) is 0 Å². The lowest BCUT2D eigenvalue weighted by Crippen LogP contribution is -2.17. The van der Waals surface area contributed by atoms with Crippen LogP contribution in [0.1, 0.15) is 24.3 Å². The van der Waals surface area contributed by atoms with Gasteiger partial charge in [-0.05, 0) is 46.3 Å². The Labute approximate surface area is 131 Å². The number of nitrogens with one attached hydrogen (secondary N) is 3. The van der Waals surface area contributed by atoms with Gasteiger partial charge in [0.1, 0.15) is 5.69 Å². The minimum absolute atomic E-state index is 0.0389. The van der Waals surface area contributed by atoms with E-state index in [0.717, 1.165) is 4.47 Å². The molecule has 0 fully saturated rings. The summed E-state index contributed by atoms with van der Waals surface area (Å²) < 4.78 is 0.819. The van der Waals surface area contributed by atoms with Crippen molar-refractivity contribution in [3.63, 3.8) is 0 Å². The van der Waals surface area contributed by atoms with Crippen LogP contribution in [0, 0.1) is 5.92 Å². The van der Waals surface area contributed by atoms with Gasteiger partial charge in [-0.1, -0.05) is 13.8 Å². The summed E-state index contributed by atoms with van der Waals surface area (Å²) in [5, 5.41) is 5.56. The molecule has 0 aliphatic rings. The largest absolute Gasteiger partial charge is 0.356 e. The third-order valence-electron chi connectivity index (χ3n) is 2.83. The van der Waals surface area contributed by atoms with Crippen molar-refractivity contribution in [2.24, 2.45) is 5.92 Å². The van der Waals surface area contributed by atoms with Crippen molar-refractivity contribution in [2.75, 3.05) is 10.6 Å². The quantitative estimate of drug-likeness (QED) is 0.788. The summed E-state index contributed by atoms with van der Waals surface area (Å²) in [5.74, 6) is -0.335. The Bertz CT molecular complexity index is 647. The first-order valence-corrected chi connectivity index (χ1v) is 7.31. The molecule has 0 aliphatic heterocycles. The number of hydrogen-bond donors (Lipinski definition) is 3. The highest BCUT2D eigenvalue weighted by atomic mass is 79.9. The number of amides is 2. The number of hydrogen-bond acceptors (Lipinski definition) is 2. The highest BCUT2D eigenvalue weighted by molar-refractivity contribution is 9.10. The van der Waals surface area contributed by atoms with Gasteiger partial charge in [0.25, 0.3) is 5.91 Å². The van der Waals surface area contributed by atoms with Gasteiger partial charge in [-0.15, -0.1) is 0 Å². The molecule has 0 unspecified atom stereocenters. The smallest absolute Gasteiger partial charge is 0.272 e. The summed E-state index contributed by atoms with van der Waals surface area (Å²) in [6, 6.07) is 8.69. The number of benzene rings is 1. The third kappa shape index (κ3) is 4.19. The zero-order valence-corrected chi connectivity index (χ0v) is 13.3. The average Bonchev–Trinajstić information content (AvgIpc) is 2.87. The molecule has 0 atom stereocenters. The van der Waals surface area contributed by atoms with Gasteiger partial charge in [-0.25, -0.2) is 0 Å². The molecule has 0 bridgehead atoms. The van der Waals surface area contributed by atoms with E-state index in [0.29, 0.717) is 17.1 Å². The molecular weight excluding hydrogens is 334 g/mol. The van der Waals surface area contributed by atoms with Gasteiger partial charge in [-0.3, -0.25) is 9.59 Å². The Morgan fingerprint density at radius 3 is 2.14 bits per heavy atom. The normalized spacial score (nSPS) is 10.5. The summed E-state index contributed by atoms with van der Waals surface area (Å²) in [6.07, 6.45) is 1.69.